The summed E-state index contributed by atoms with van der Waals surface area (Å²) in [4.78, 5) is 4.68. The van der Waals surface area contributed by atoms with Crippen molar-refractivity contribution < 1.29 is 18.9 Å². The minimum atomic E-state index is 0. The molecule has 0 bridgehead atoms. The first-order valence-electron chi connectivity index (χ1n) is 10.1. The molecule has 0 heterocycles. The lowest BCUT2D eigenvalue weighted by Gasteiger charge is -2.13. The van der Waals surface area contributed by atoms with Crippen LogP contribution in [0.1, 0.15) is 24.5 Å². The second kappa shape index (κ2) is 14.6. The number of guanidine groups is 1. The van der Waals surface area contributed by atoms with Crippen molar-refractivity contribution in [2.75, 3.05) is 41.5 Å². The van der Waals surface area contributed by atoms with Crippen LogP contribution in [0.4, 0.5) is 0 Å². The van der Waals surface area contributed by atoms with Crippen LogP contribution in [-0.2, 0) is 13.0 Å². The highest BCUT2D eigenvalue weighted by molar-refractivity contribution is 14.0. The third-order valence-electron chi connectivity index (χ3n) is 4.63. The molecule has 0 aliphatic heterocycles. The molecule has 2 aromatic carbocycles. The molecule has 2 aromatic rings. The largest absolute Gasteiger partial charge is 0.497 e. The van der Waals surface area contributed by atoms with E-state index in [4.69, 9.17) is 18.9 Å². The Morgan fingerprint density at radius 1 is 0.839 bits per heavy atom. The molecular formula is C23H34IN3O4. The fourth-order valence-corrected chi connectivity index (χ4v) is 3.02. The maximum absolute atomic E-state index is 5.45. The van der Waals surface area contributed by atoms with E-state index in [1.165, 1.54) is 5.56 Å². The van der Waals surface area contributed by atoms with E-state index in [1.54, 1.807) is 28.4 Å². The van der Waals surface area contributed by atoms with E-state index in [2.05, 4.69) is 28.6 Å². The zero-order valence-electron chi connectivity index (χ0n) is 19.0. The van der Waals surface area contributed by atoms with Gasteiger partial charge in [-0.1, -0.05) is 6.07 Å². The van der Waals surface area contributed by atoms with E-state index in [0.29, 0.717) is 6.54 Å². The fourth-order valence-electron chi connectivity index (χ4n) is 3.02. The Bertz CT molecular complexity index is 830. The smallest absolute Gasteiger partial charge is 0.191 e. The molecule has 172 valence electrons. The molecule has 31 heavy (non-hydrogen) atoms. The third kappa shape index (κ3) is 8.35. The molecule has 2 N–H and O–H groups in total. The highest BCUT2D eigenvalue weighted by Crippen LogP contribution is 2.28. The first-order chi connectivity index (χ1) is 14.6. The molecule has 0 aliphatic rings. The van der Waals surface area contributed by atoms with Gasteiger partial charge in [-0.2, -0.15) is 0 Å². The number of ether oxygens (including phenoxy) is 4. The number of nitrogens with one attached hydrogen (secondary N) is 2. The first kappa shape index (κ1) is 26.7. The Labute approximate surface area is 202 Å². The predicted molar refractivity (Wildman–Crippen MR) is 136 cm³/mol. The van der Waals surface area contributed by atoms with Crippen LogP contribution >= 0.6 is 24.0 Å². The molecule has 0 spiro atoms. The zero-order chi connectivity index (χ0) is 21.8. The molecule has 0 atom stereocenters. The lowest BCUT2D eigenvalue weighted by Crippen LogP contribution is -2.37. The van der Waals surface area contributed by atoms with Crippen molar-refractivity contribution in [3.63, 3.8) is 0 Å². The van der Waals surface area contributed by atoms with Crippen molar-refractivity contribution >= 4 is 29.9 Å². The Morgan fingerprint density at radius 2 is 1.58 bits per heavy atom. The van der Waals surface area contributed by atoms with Crippen LogP contribution in [0.15, 0.2) is 41.4 Å². The van der Waals surface area contributed by atoms with Gasteiger partial charge in [-0.3, -0.25) is 0 Å². The average molecular weight is 543 g/mol. The molecule has 0 saturated heterocycles. The molecule has 0 unspecified atom stereocenters. The number of halogens is 1. The molecule has 0 fully saturated rings. The molecular weight excluding hydrogens is 509 g/mol. The Morgan fingerprint density at radius 3 is 2.23 bits per heavy atom. The average Bonchev–Trinajstić information content (AvgIpc) is 2.79. The number of nitrogens with zero attached hydrogens (tertiary/aromatic N) is 1. The Kier molecular flexibility index (Phi) is 12.6. The van der Waals surface area contributed by atoms with Gasteiger partial charge in [0.15, 0.2) is 17.5 Å². The number of benzene rings is 2. The normalized spacial score (nSPS) is 10.7. The SMILES string of the molecule is CCNC(=NCc1ccc(OC)cc1OC)NCCCc1ccc(OC)c(OC)c1.I. The van der Waals surface area contributed by atoms with E-state index in [1.807, 2.05) is 30.3 Å². The number of hydrogen-bond acceptors (Lipinski definition) is 5. The van der Waals surface area contributed by atoms with Crippen molar-refractivity contribution in [1.82, 2.24) is 10.6 Å². The van der Waals surface area contributed by atoms with Gasteiger partial charge in [0.2, 0.25) is 0 Å². The van der Waals surface area contributed by atoms with E-state index in [0.717, 1.165) is 60.5 Å². The highest BCUT2D eigenvalue weighted by Gasteiger charge is 2.07. The molecule has 0 amide bonds. The Balaban J connectivity index is 0.00000480. The van der Waals surface area contributed by atoms with Crippen LogP contribution in [0, 0.1) is 0 Å². The summed E-state index contributed by atoms with van der Waals surface area (Å²) in [6, 6.07) is 11.8. The van der Waals surface area contributed by atoms with Crippen molar-refractivity contribution in [1.29, 1.82) is 0 Å². The minimum Gasteiger partial charge on any atom is -0.497 e. The van der Waals surface area contributed by atoms with Gasteiger partial charge in [-0.15, -0.1) is 24.0 Å². The van der Waals surface area contributed by atoms with Crippen molar-refractivity contribution in [2.45, 2.75) is 26.3 Å². The third-order valence-corrected chi connectivity index (χ3v) is 4.63. The van der Waals surface area contributed by atoms with Crippen LogP contribution in [0.3, 0.4) is 0 Å². The van der Waals surface area contributed by atoms with Gasteiger partial charge < -0.3 is 29.6 Å². The number of aliphatic imine (C=N–C) groups is 1. The summed E-state index contributed by atoms with van der Waals surface area (Å²) in [6.45, 7) is 4.16. The van der Waals surface area contributed by atoms with Gasteiger partial charge >= 0.3 is 0 Å². The molecule has 0 aromatic heterocycles. The second-order valence-corrected chi connectivity index (χ2v) is 6.59. The summed E-state index contributed by atoms with van der Waals surface area (Å²) in [5, 5.41) is 6.67. The maximum Gasteiger partial charge on any atom is 0.191 e. The summed E-state index contributed by atoms with van der Waals surface area (Å²) in [5.41, 5.74) is 2.21. The van der Waals surface area contributed by atoms with Gasteiger partial charge in [-0.05, 0) is 49.6 Å². The van der Waals surface area contributed by atoms with E-state index >= 15 is 0 Å². The minimum absolute atomic E-state index is 0. The highest BCUT2D eigenvalue weighted by atomic mass is 127. The van der Waals surface area contributed by atoms with Crippen LogP contribution in [0.5, 0.6) is 23.0 Å². The molecule has 0 aliphatic carbocycles. The predicted octanol–water partition coefficient (Wildman–Crippen LogP) is 4.03. The number of hydrogen-bond donors (Lipinski definition) is 2. The van der Waals surface area contributed by atoms with Crippen molar-refractivity contribution in [3.8, 4) is 23.0 Å². The summed E-state index contributed by atoms with van der Waals surface area (Å²) >= 11 is 0. The molecule has 0 radical (unpaired) electrons. The maximum atomic E-state index is 5.45. The zero-order valence-corrected chi connectivity index (χ0v) is 21.3. The van der Waals surface area contributed by atoms with Gasteiger partial charge in [0.05, 0.1) is 35.0 Å². The topological polar surface area (TPSA) is 73.3 Å². The molecule has 2 rings (SSSR count). The lowest BCUT2D eigenvalue weighted by atomic mass is 10.1. The van der Waals surface area contributed by atoms with Crippen LogP contribution in [0.25, 0.3) is 0 Å². The Hall–Kier alpha value is -2.36. The monoisotopic (exact) mass is 543 g/mol. The van der Waals surface area contributed by atoms with Gasteiger partial charge in [0.1, 0.15) is 11.5 Å². The van der Waals surface area contributed by atoms with Gasteiger partial charge in [0.25, 0.3) is 0 Å². The van der Waals surface area contributed by atoms with Crippen LogP contribution in [0.2, 0.25) is 0 Å². The number of methoxy groups -OCH3 is 4. The summed E-state index contributed by atoms with van der Waals surface area (Å²) < 4.78 is 21.4. The van der Waals surface area contributed by atoms with Crippen LogP contribution in [-0.4, -0.2) is 47.5 Å². The standard InChI is InChI=1S/C23H33N3O4.HI/c1-6-24-23(26-16-18-10-11-19(27-2)15-21(18)29-4)25-13-7-8-17-9-12-20(28-3)22(14-17)30-5;/h9-12,14-15H,6-8,13,16H2,1-5H3,(H2,24,25,26);1H. The van der Waals surface area contributed by atoms with Gasteiger partial charge in [-0.25, -0.2) is 4.99 Å². The second-order valence-electron chi connectivity index (χ2n) is 6.59. The van der Waals surface area contributed by atoms with Crippen molar-refractivity contribution in [3.05, 3.63) is 47.5 Å². The number of aryl methyl sites for hydroxylation is 1. The molecule has 7 nitrogen and oxygen atoms in total. The summed E-state index contributed by atoms with van der Waals surface area (Å²) in [5.74, 6) is 3.81. The van der Waals surface area contributed by atoms with Gasteiger partial charge in [0, 0.05) is 24.7 Å². The lowest BCUT2D eigenvalue weighted by molar-refractivity contribution is 0.354. The van der Waals surface area contributed by atoms with E-state index < -0.39 is 0 Å². The van der Waals surface area contributed by atoms with Crippen LogP contribution < -0.4 is 29.6 Å². The molecule has 0 saturated carbocycles. The quantitative estimate of drug-likeness (QED) is 0.193. The summed E-state index contributed by atoms with van der Waals surface area (Å²) in [6.07, 6.45) is 1.89. The molecule has 8 heteroatoms. The fraction of sp³-hybridized carbons (Fsp3) is 0.435. The van der Waals surface area contributed by atoms with E-state index in [-0.39, 0.29) is 24.0 Å². The van der Waals surface area contributed by atoms with E-state index in [9.17, 15) is 0 Å². The summed E-state index contributed by atoms with van der Waals surface area (Å²) in [7, 11) is 6.59. The van der Waals surface area contributed by atoms with Crippen molar-refractivity contribution in [2.24, 2.45) is 4.99 Å². The number of rotatable bonds is 11. The first-order valence-corrected chi connectivity index (χ1v) is 10.1.